The van der Waals surface area contributed by atoms with E-state index < -0.39 is 0 Å². The number of aliphatic imine (C=N–C) groups is 1. The molecule has 0 aliphatic rings. The molecule has 0 aliphatic carbocycles. The standard InChI is InChI=1S/C19H29N/c1-9-12-13-19(7,8)16(6)14-17(15(4)5)18(10-2)20-11-3/h9-14H,1H2,2-8H3/b13-12-,16-14+,18-10-,20-11-. The molecule has 0 unspecified atom stereocenters. The quantitative estimate of drug-likeness (QED) is 0.413. The molecule has 110 valence electrons. The summed E-state index contributed by atoms with van der Waals surface area (Å²) < 4.78 is 0. The zero-order valence-corrected chi connectivity index (χ0v) is 14.1. The van der Waals surface area contributed by atoms with Crippen molar-refractivity contribution in [1.82, 2.24) is 0 Å². The van der Waals surface area contributed by atoms with Crippen molar-refractivity contribution < 1.29 is 0 Å². The Morgan fingerprint density at radius 1 is 1.10 bits per heavy atom. The van der Waals surface area contributed by atoms with Crippen LogP contribution in [0.15, 0.2) is 64.4 Å². The van der Waals surface area contributed by atoms with Crippen LogP contribution >= 0.6 is 0 Å². The summed E-state index contributed by atoms with van der Waals surface area (Å²) in [6.45, 7) is 18.5. The second-order valence-electron chi connectivity index (χ2n) is 5.62. The maximum atomic E-state index is 4.46. The Labute approximate surface area is 125 Å². The fourth-order valence-corrected chi connectivity index (χ4v) is 1.76. The average molecular weight is 271 g/mol. The molecule has 0 fully saturated rings. The highest BCUT2D eigenvalue weighted by Crippen LogP contribution is 2.30. The number of nitrogens with zero attached hydrogens (tertiary/aromatic N) is 1. The van der Waals surface area contributed by atoms with E-state index in [9.17, 15) is 0 Å². The van der Waals surface area contributed by atoms with Gasteiger partial charge in [0.2, 0.25) is 0 Å². The van der Waals surface area contributed by atoms with Crippen LogP contribution in [0.3, 0.4) is 0 Å². The summed E-state index contributed by atoms with van der Waals surface area (Å²) in [7, 11) is 0. The van der Waals surface area contributed by atoms with Crippen LogP contribution in [0.1, 0.15) is 48.5 Å². The van der Waals surface area contributed by atoms with Gasteiger partial charge in [-0.05, 0) is 40.2 Å². The summed E-state index contributed by atoms with van der Waals surface area (Å²) >= 11 is 0. The van der Waals surface area contributed by atoms with Gasteiger partial charge in [-0.15, -0.1) is 0 Å². The van der Waals surface area contributed by atoms with Crippen molar-refractivity contribution in [3.63, 3.8) is 0 Å². The van der Waals surface area contributed by atoms with Gasteiger partial charge in [0.05, 0.1) is 5.70 Å². The van der Waals surface area contributed by atoms with Gasteiger partial charge >= 0.3 is 0 Å². The molecule has 0 bridgehead atoms. The van der Waals surface area contributed by atoms with E-state index in [2.05, 4.69) is 64.4 Å². The highest BCUT2D eigenvalue weighted by molar-refractivity contribution is 5.59. The van der Waals surface area contributed by atoms with Gasteiger partial charge in [-0.1, -0.05) is 62.0 Å². The van der Waals surface area contributed by atoms with Gasteiger partial charge in [0.1, 0.15) is 0 Å². The van der Waals surface area contributed by atoms with Crippen molar-refractivity contribution in [2.75, 3.05) is 0 Å². The largest absolute Gasteiger partial charge is 0.261 e. The molecule has 0 aromatic heterocycles. The van der Waals surface area contributed by atoms with Crippen molar-refractivity contribution in [3.8, 4) is 0 Å². The summed E-state index contributed by atoms with van der Waals surface area (Å²) in [4.78, 5) is 4.46. The summed E-state index contributed by atoms with van der Waals surface area (Å²) in [6.07, 6.45) is 12.1. The lowest BCUT2D eigenvalue weighted by Gasteiger charge is -2.22. The second kappa shape index (κ2) is 8.52. The molecule has 1 heteroatoms. The SMILES string of the molecule is C=C/C=C\C(C)(C)/C(C)=C/C(=C(C)C)C(=C/C)/N=C\C. The van der Waals surface area contributed by atoms with Crippen LogP contribution in [0.25, 0.3) is 0 Å². The van der Waals surface area contributed by atoms with Gasteiger partial charge < -0.3 is 0 Å². The highest BCUT2D eigenvalue weighted by atomic mass is 14.7. The molecular weight excluding hydrogens is 242 g/mol. The van der Waals surface area contributed by atoms with Crippen molar-refractivity contribution in [1.29, 1.82) is 0 Å². The summed E-state index contributed by atoms with van der Waals surface area (Å²) in [5.74, 6) is 0. The molecule has 0 aromatic carbocycles. The van der Waals surface area contributed by atoms with Crippen LogP contribution in [-0.4, -0.2) is 6.21 Å². The minimum atomic E-state index is 0.00364. The van der Waals surface area contributed by atoms with Crippen LogP contribution in [0.2, 0.25) is 0 Å². The molecule has 0 spiro atoms. The van der Waals surface area contributed by atoms with Gasteiger partial charge in [0.25, 0.3) is 0 Å². The van der Waals surface area contributed by atoms with Gasteiger partial charge in [-0.3, -0.25) is 4.99 Å². The van der Waals surface area contributed by atoms with Gasteiger partial charge in [-0.25, -0.2) is 0 Å². The summed E-state index contributed by atoms with van der Waals surface area (Å²) in [6, 6.07) is 0. The van der Waals surface area contributed by atoms with Gasteiger partial charge in [0.15, 0.2) is 0 Å². The lowest BCUT2D eigenvalue weighted by molar-refractivity contribution is 0.579. The van der Waals surface area contributed by atoms with E-state index in [0.717, 1.165) is 5.70 Å². The van der Waals surface area contributed by atoms with Crippen molar-refractivity contribution in [2.24, 2.45) is 10.4 Å². The fourth-order valence-electron chi connectivity index (χ4n) is 1.76. The van der Waals surface area contributed by atoms with Crippen molar-refractivity contribution >= 4 is 6.21 Å². The smallest absolute Gasteiger partial charge is 0.0654 e. The van der Waals surface area contributed by atoms with E-state index in [-0.39, 0.29) is 5.41 Å². The molecule has 0 rings (SSSR count). The number of hydrogen-bond acceptors (Lipinski definition) is 1. The van der Waals surface area contributed by atoms with E-state index in [1.807, 2.05) is 32.2 Å². The molecule has 1 nitrogen and oxygen atoms in total. The Morgan fingerprint density at radius 2 is 1.70 bits per heavy atom. The van der Waals surface area contributed by atoms with Crippen LogP contribution in [-0.2, 0) is 0 Å². The maximum Gasteiger partial charge on any atom is 0.0654 e. The minimum absolute atomic E-state index is 0.00364. The normalized spacial score (nSPS) is 14.2. The summed E-state index contributed by atoms with van der Waals surface area (Å²) in [5, 5.41) is 0. The molecule has 0 N–H and O–H groups in total. The average Bonchev–Trinajstić information content (AvgIpc) is 2.39. The first-order valence-corrected chi connectivity index (χ1v) is 7.12. The van der Waals surface area contributed by atoms with Crippen LogP contribution in [0, 0.1) is 5.41 Å². The molecular formula is C19H29N. The van der Waals surface area contributed by atoms with E-state index in [0.29, 0.717) is 0 Å². The Kier molecular flexibility index (Phi) is 7.83. The van der Waals surface area contributed by atoms with E-state index in [4.69, 9.17) is 0 Å². The Bertz CT molecular complexity index is 476. The zero-order valence-electron chi connectivity index (χ0n) is 14.1. The molecule has 0 radical (unpaired) electrons. The third-order valence-electron chi connectivity index (χ3n) is 3.38. The fraction of sp³-hybridized carbons (Fsp3) is 0.421. The first kappa shape index (κ1) is 18.4. The van der Waals surface area contributed by atoms with E-state index in [1.54, 1.807) is 0 Å². The lowest BCUT2D eigenvalue weighted by Crippen LogP contribution is -2.09. The molecule has 0 heterocycles. The molecule has 0 amide bonds. The van der Waals surface area contributed by atoms with Crippen molar-refractivity contribution in [2.45, 2.75) is 48.5 Å². The predicted molar refractivity (Wildman–Crippen MR) is 93.2 cm³/mol. The van der Waals surface area contributed by atoms with Crippen LogP contribution < -0.4 is 0 Å². The van der Waals surface area contributed by atoms with Crippen molar-refractivity contribution in [3.05, 3.63) is 59.4 Å². The predicted octanol–water partition coefficient (Wildman–Crippen LogP) is 6.03. The van der Waals surface area contributed by atoms with Crippen LogP contribution in [0.4, 0.5) is 0 Å². The Hall–Kier alpha value is -1.63. The molecule has 0 saturated carbocycles. The first-order chi connectivity index (χ1) is 9.30. The number of hydrogen-bond donors (Lipinski definition) is 0. The maximum absolute atomic E-state index is 4.46. The molecule has 20 heavy (non-hydrogen) atoms. The number of allylic oxidation sites excluding steroid dienone is 7. The third kappa shape index (κ3) is 5.56. The van der Waals surface area contributed by atoms with E-state index >= 15 is 0 Å². The Morgan fingerprint density at radius 3 is 2.10 bits per heavy atom. The Balaban J connectivity index is 5.70. The van der Waals surface area contributed by atoms with E-state index in [1.165, 1.54) is 16.7 Å². The second-order valence-corrected chi connectivity index (χ2v) is 5.62. The minimum Gasteiger partial charge on any atom is -0.261 e. The van der Waals surface area contributed by atoms with Crippen LogP contribution in [0.5, 0.6) is 0 Å². The first-order valence-electron chi connectivity index (χ1n) is 7.12. The van der Waals surface area contributed by atoms with Gasteiger partial charge in [0, 0.05) is 11.6 Å². The summed E-state index contributed by atoms with van der Waals surface area (Å²) in [5.41, 5.74) is 4.80. The molecule has 0 aromatic rings. The lowest BCUT2D eigenvalue weighted by atomic mass is 9.83. The highest BCUT2D eigenvalue weighted by Gasteiger charge is 2.17. The van der Waals surface area contributed by atoms with Gasteiger partial charge in [-0.2, -0.15) is 0 Å². The third-order valence-corrected chi connectivity index (χ3v) is 3.38. The molecule has 0 saturated heterocycles. The zero-order chi connectivity index (χ0) is 15.8. The topological polar surface area (TPSA) is 12.4 Å². The molecule has 0 aliphatic heterocycles. The monoisotopic (exact) mass is 271 g/mol. The number of rotatable bonds is 6. The molecule has 0 atom stereocenters.